The Bertz CT molecular complexity index is 327. The topological polar surface area (TPSA) is 75.7 Å². The van der Waals surface area contributed by atoms with Gasteiger partial charge in [0, 0.05) is 26.3 Å². The molecule has 17 heavy (non-hydrogen) atoms. The van der Waals surface area contributed by atoms with Gasteiger partial charge in [0.2, 0.25) is 15.9 Å². The quantitative estimate of drug-likeness (QED) is 0.618. The van der Waals surface area contributed by atoms with E-state index in [4.69, 9.17) is 4.74 Å². The van der Waals surface area contributed by atoms with E-state index in [1.165, 1.54) is 4.31 Å². The Morgan fingerprint density at radius 2 is 2.00 bits per heavy atom. The van der Waals surface area contributed by atoms with E-state index in [-0.39, 0.29) is 18.5 Å². The Morgan fingerprint density at radius 1 is 1.41 bits per heavy atom. The number of nitrogens with one attached hydrogen (secondary N) is 1. The minimum Gasteiger partial charge on any atom is -0.385 e. The summed E-state index contributed by atoms with van der Waals surface area (Å²) >= 11 is 0. The zero-order valence-corrected chi connectivity index (χ0v) is 11.7. The van der Waals surface area contributed by atoms with Crippen molar-refractivity contribution in [2.24, 2.45) is 0 Å². The lowest BCUT2D eigenvalue weighted by atomic mass is 10.4. The van der Waals surface area contributed by atoms with Gasteiger partial charge in [0.05, 0.1) is 12.8 Å². The monoisotopic (exact) mass is 266 g/mol. The Labute approximate surface area is 103 Å². The van der Waals surface area contributed by atoms with Gasteiger partial charge >= 0.3 is 0 Å². The molecule has 0 radical (unpaired) electrons. The first-order valence-electron chi connectivity index (χ1n) is 5.51. The first-order valence-corrected chi connectivity index (χ1v) is 7.36. The van der Waals surface area contributed by atoms with Crippen molar-refractivity contribution in [3.8, 4) is 0 Å². The molecule has 102 valence electrons. The number of amides is 1. The third-order valence-corrected chi connectivity index (χ3v) is 3.55. The summed E-state index contributed by atoms with van der Waals surface area (Å²) in [6, 6.07) is -0.227. The van der Waals surface area contributed by atoms with E-state index in [1.54, 1.807) is 21.0 Å². The molecule has 0 aliphatic carbocycles. The Hall–Kier alpha value is -0.660. The molecule has 0 aromatic rings. The second-order valence-corrected chi connectivity index (χ2v) is 6.03. The highest BCUT2D eigenvalue weighted by Gasteiger charge is 2.22. The number of ether oxygens (including phenoxy) is 1. The summed E-state index contributed by atoms with van der Waals surface area (Å²) in [6.45, 7) is 4.39. The zero-order valence-electron chi connectivity index (χ0n) is 10.9. The van der Waals surface area contributed by atoms with Gasteiger partial charge in [-0.1, -0.05) is 0 Å². The van der Waals surface area contributed by atoms with Gasteiger partial charge in [-0.25, -0.2) is 8.42 Å². The molecule has 6 nitrogen and oxygen atoms in total. The molecule has 0 aromatic carbocycles. The Balaban J connectivity index is 4.15. The minimum absolute atomic E-state index is 0.135. The van der Waals surface area contributed by atoms with Crippen LogP contribution < -0.4 is 5.32 Å². The van der Waals surface area contributed by atoms with Crippen molar-refractivity contribution >= 4 is 15.9 Å². The maximum atomic E-state index is 11.5. The van der Waals surface area contributed by atoms with E-state index in [0.717, 1.165) is 6.26 Å². The molecule has 0 saturated heterocycles. The summed E-state index contributed by atoms with van der Waals surface area (Å²) in [5.74, 6) is -0.291. The van der Waals surface area contributed by atoms with Crippen molar-refractivity contribution in [3.05, 3.63) is 0 Å². The Kier molecular flexibility index (Phi) is 7.33. The first kappa shape index (κ1) is 16.3. The number of methoxy groups -OCH3 is 1. The number of carbonyl (C=O) groups excluding carboxylic acids is 1. The van der Waals surface area contributed by atoms with Gasteiger partial charge in [0.25, 0.3) is 0 Å². The van der Waals surface area contributed by atoms with Crippen molar-refractivity contribution in [3.63, 3.8) is 0 Å². The largest absolute Gasteiger partial charge is 0.385 e. The molecule has 0 atom stereocenters. The molecule has 0 fully saturated rings. The highest BCUT2D eigenvalue weighted by atomic mass is 32.2. The second kappa shape index (κ2) is 7.62. The lowest BCUT2D eigenvalue weighted by Gasteiger charge is -2.23. The molecule has 0 rings (SSSR count). The van der Waals surface area contributed by atoms with Crippen molar-refractivity contribution in [1.29, 1.82) is 0 Å². The van der Waals surface area contributed by atoms with Crippen LogP contribution in [0.25, 0.3) is 0 Å². The third kappa shape index (κ3) is 7.30. The van der Waals surface area contributed by atoms with Crippen molar-refractivity contribution in [2.75, 3.05) is 33.1 Å². The maximum Gasteiger partial charge on any atom is 0.235 e. The molecule has 0 aliphatic heterocycles. The summed E-state index contributed by atoms with van der Waals surface area (Å²) in [6.07, 6.45) is 1.81. The summed E-state index contributed by atoms with van der Waals surface area (Å²) in [5, 5.41) is 2.65. The van der Waals surface area contributed by atoms with E-state index in [2.05, 4.69) is 5.32 Å². The molecule has 0 heterocycles. The minimum atomic E-state index is -3.35. The SMILES string of the molecule is COCCCNC(=O)CN(C(C)C)S(C)(=O)=O. The molecule has 1 amide bonds. The van der Waals surface area contributed by atoms with Crippen LogP contribution in [0.4, 0.5) is 0 Å². The van der Waals surface area contributed by atoms with Crippen LogP contribution >= 0.6 is 0 Å². The fourth-order valence-electron chi connectivity index (χ4n) is 1.32. The molecule has 0 saturated carbocycles. The standard InChI is InChI=1S/C10H22N2O4S/c1-9(2)12(17(4,14)15)8-10(13)11-6-5-7-16-3/h9H,5-8H2,1-4H3,(H,11,13). The smallest absolute Gasteiger partial charge is 0.235 e. The molecule has 0 bridgehead atoms. The third-order valence-electron chi connectivity index (χ3n) is 2.15. The van der Waals surface area contributed by atoms with Crippen LogP contribution in [0.3, 0.4) is 0 Å². The number of rotatable bonds is 8. The van der Waals surface area contributed by atoms with Gasteiger partial charge in [0.15, 0.2) is 0 Å². The second-order valence-electron chi connectivity index (χ2n) is 4.10. The molecule has 7 heteroatoms. The Morgan fingerprint density at radius 3 is 2.41 bits per heavy atom. The van der Waals surface area contributed by atoms with E-state index in [9.17, 15) is 13.2 Å². The van der Waals surface area contributed by atoms with Crippen molar-refractivity contribution in [2.45, 2.75) is 26.3 Å². The van der Waals surface area contributed by atoms with E-state index >= 15 is 0 Å². The highest BCUT2D eigenvalue weighted by molar-refractivity contribution is 7.88. The molecule has 0 aromatic heterocycles. The van der Waals surface area contributed by atoms with Crippen LogP contribution in [0.1, 0.15) is 20.3 Å². The van der Waals surface area contributed by atoms with Gasteiger partial charge in [-0.3, -0.25) is 4.79 Å². The lowest BCUT2D eigenvalue weighted by Crippen LogP contribution is -2.44. The predicted molar refractivity (Wildman–Crippen MR) is 66.2 cm³/mol. The molecule has 1 N–H and O–H groups in total. The lowest BCUT2D eigenvalue weighted by molar-refractivity contribution is -0.121. The van der Waals surface area contributed by atoms with Crippen LogP contribution in [-0.2, 0) is 19.6 Å². The van der Waals surface area contributed by atoms with Crippen LogP contribution in [0.15, 0.2) is 0 Å². The fourth-order valence-corrected chi connectivity index (χ4v) is 2.44. The number of sulfonamides is 1. The molecular formula is C10H22N2O4S. The molecule has 0 aliphatic rings. The average molecular weight is 266 g/mol. The van der Waals surface area contributed by atoms with E-state index in [1.807, 2.05) is 0 Å². The van der Waals surface area contributed by atoms with Gasteiger partial charge in [0.1, 0.15) is 0 Å². The number of hydrogen-bond donors (Lipinski definition) is 1. The normalized spacial score (nSPS) is 12.1. The van der Waals surface area contributed by atoms with E-state index < -0.39 is 10.0 Å². The molecular weight excluding hydrogens is 244 g/mol. The first-order chi connectivity index (χ1) is 7.79. The van der Waals surface area contributed by atoms with Gasteiger partial charge in [-0.05, 0) is 20.3 Å². The molecule has 0 spiro atoms. The van der Waals surface area contributed by atoms with E-state index in [0.29, 0.717) is 19.6 Å². The average Bonchev–Trinajstić information content (AvgIpc) is 2.19. The summed E-state index contributed by atoms with van der Waals surface area (Å²) in [5.41, 5.74) is 0. The predicted octanol–water partition coefficient (Wildman–Crippen LogP) is -0.191. The number of carbonyl (C=O) groups is 1. The van der Waals surface area contributed by atoms with Crippen LogP contribution in [0.5, 0.6) is 0 Å². The highest BCUT2D eigenvalue weighted by Crippen LogP contribution is 2.03. The van der Waals surface area contributed by atoms with Crippen molar-refractivity contribution < 1.29 is 17.9 Å². The van der Waals surface area contributed by atoms with Crippen molar-refractivity contribution in [1.82, 2.24) is 9.62 Å². The molecule has 0 unspecified atom stereocenters. The van der Waals surface area contributed by atoms with Gasteiger partial charge in [-0.15, -0.1) is 0 Å². The maximum absolute atomic E-state index is 11.5. The zero-order chi connectivity index (χ0) is 13.5. The van der Waals surface area contributed by atoms with Crippen LogP contribution in [0.2, 0.25) is 0 Å². The van der Waals surface area contributed by atoms with Crippen LogP contribution in [-0.4, -0.2) is 57.7 Å². The number of nitrogens with zero attached hydrogens (tertiary/aromatic N) is 1. The fraction of sp³-hybridized carbons (Fsp3) is 0.900. The summed E-state index contributed by atoms with van der Waals surface area (Å²) in [7, 11) is -1.76. The van der Waals surface area contributed by atoms with Gasteiger partial charge < -0.3 is 10.1 Å². The number of hydrogen-bond acceptors (Lipinski definition) is 4. The summed E-state index contributed by atoms with van der Waals surface area (Å²) in [4.78, 5) is 11.5. The van der Waals surface area contributed by atoms with Crippen LogP contribution in [0, 0.1) is 0 Å². The van der Waals surface area contributed by atoms with Gasteiger partial charge in [-0.2, -0.15) is 4.31 Å². The summed E-state index contributed by atoms with van der Waals surface area (Å²) < 4.78 is 28.8.